The highest BCUT2D eigenvalue weighted by atomic mass is 79.9. The first-order valence-electron chi connectivity index (χ1n) is 5.26. The normalized spacial score (nSPS) is 22.0. The maximum atomic E-state index is 9.51. The summed E-state index contributed by atoms with van der Waals surface area (Å²) in [5.74, 6) is 0. The van der Waals surface area contributed by atoms with Crippen LogP contribution in [0.3, 0.4) is 0 Å². The maximum Gasteiger partial charge on any atom is 0.156 e. The van der Waals surface area contributed by atoms with Crippen molar-refractivity contribution in [1.82, 2.24) is 10.2 Å². The van der Waals surface area contributed by atoms with E-state index in [-0.39, 0.29) is 12.1 Å². The summed E-state index contributed by atoms with van der Waals surface area (Å²) < 4.78 is 1.06. The molecule has 3 rings (SSSR count). The second kappa shape index (κ2) is 4.40. The van der Waals surface area contributed by atoms with Crippen molar-refractivity contribution in [3.05, 3.63) is 51.6 Å². The fraction of sp³-hybridized carbons (Fsp3) is 0.167. The van der Waals surface area contributed by atoms with Crippen LogP contribution in [0.15, 0.2) is 46.0 Å². The van der Waals surface area contributed by atoms with Crippen molar-refractivity contribution in [3.8, 4) is 0 Å². The molecule has 0 fully saturated rings. The molecule has 17 heavy (non-hydrogen) atoms. The summed E-state index contributed by atoms with van der Waals surface area (Å²) in [6.45, 7) is 0.0415. The molecule has 1 unspecified atom stereocenters. The quantitative estimate of drug-likeness (QED) is 0.880. The van der Waals surface area contributed by atoms with E-state index in [4.69, 9.17) is 0 Å². The average molecular weight is 311 g/mol. The van der Waals surface area contributed by atoms with Gasteiger partial charge in [-0.25, -0.2) is 0 Å². The Hall–Kier alpha value is -0.910. The molecule has 0 radical (unpaired) electrons. The van der Waals surface area contributed by atoms with Crippen LogP contribution in [0, 0.1) is 0 Å². The Balaban J connectivity index is 2.01. The highest BCUT2D eigenvalue weighted by Gasteiger charge is 2.32. The fourth-order valence-corrected chi connectivity index (χ4v) is 3.15. The molecule has 2 aliphatic rings. The predicted molar refractivity (Wildman–Crippen MR) is 73.6 cm³/mol. The average Bonchev–Trinajstić information content (AvgIpc) is 2.89. The Bertz CT molecular complexity index is 498. The van der Waals surface area contributed by atoms with Crippen molar-refractivity contribution in [3.63, 3.8) is 0 Å². The lowest BCUT2D eigenvalue weighted by Crippen LogP contribution is -2.27. The zero-order valence-electron chi connectivity index (χ0n) is 8.93. The van der Waals surface area contributed by atoms with Crippen molar-refractivity contribution in [2.24, 2.45) is 0 Å². The third kappa shape index (κ3) is 1.88. The van der Waals surface area contributed by atoms with E-state index in [1.54, 1.807) is 11.8 Å². The number of halogens is 1. The van der Waals surface area contributed by atoms with Gasteiger partial charge < -0.3 is 15.3 Å². The molecule has 0 aliphatic carbocycles. The molecule has 2 heterocycles. The third-order valence-electron chi connectivity index (χ3n) is 2.83. The van der Waals surface area contributed by atoms with Gasteiger partial charge in [-0.1, -0.05) is 39.8 Å². The monoisotopic (exact) mass is 310 g/mol. The molecule has 3 nitrogen and oxygen atoms in total. The van der Waals surface area contributed by atoms with Gasteiger partial charge in [0.2, 0.25) is 0 Å². The Morgan fingerprint density at radius 1 is 1.35 bits per heavy atom. The van der Waals surface area contributed by atoms with Crippen molar-refractivity contribution in [2.45, 2.75) is 5.50 Å². The molecule has 0 saturated carbocycles. The number of nitrogens with zero attached hydrogens (tertiary/aromatic N) is 1. The second-order valence-corrected chi connectivity index (χ2v) is 5.72. The first kappa shape index (κ1) is 11.2. The predicted octanol–water partition coefficient (Wildman–Crippen LogP) is 2.52. The zero-order chi connectivity index (χ0) is 11.8. The van der Waals surface area contributed by atoms with Crippen molar-refractivity contribution in [1.29, 1.82) is 0 Å². The second-order valence-electron chi connectivity index (χ2n) is 3.81. The number of aliphatic hydroxyl groups is 1. The Morgan fingerprint density at radius 3 is 2.82 bits per heavy atom. The number of thioether (sulfide) groups is 1. The molecule has 0 saturated heterocycles. The number of hydrogen-bond donors (Lipinski definition) is 2. The van der Waals surface area contributed by atoms with Crippen LogP contribution < -0.4 is 5.32 Å². The number of aliphatic hydroxyl groups excluding tert-OH is 1. The largest absolute Gasteiger partial charge is 0.390 e. The van der Waals surface area contributed by atoms with Crippen molar-refractivity contribution >= 4 is 33.4 Å². The van der Waals surface area contributed by atoms with Crippen LogP contribution >= 0.6 is 27.7 Å². The van der Waals surface area contributed by atoms with Gasteiger partial charge in [-0.05, 0) is 23.1 Å². The summed E-state index contributed by atoms with van der Waals surface area (Å²) in [5, 5.41) is 15.0. The molecule has 0 spiro atoms. The summed E-state index contributed by atoms with van der Waals surface area (Å²) >= 11 is 5.13. The third-order valence-corrected chi connectivity index (χ3v) is 4.24. The van der Waals surface area contributed by atoms with Gasteiger partial charge in [-0.2, -0.15) is 0 Å². The van der Waals surface area contributed by atoms with E-state index >= 15 is 0 Å². The van der Waals surface area contributed by atoms with Gasteiger partial charge in [0.05, 0.1) is 18.0 Å². The summed E-state index contributed by atoms with van der Waals surface area (Å²) in [5.41, 5.74) is 3.23. The number of fused-ring (bicyclic) bond motifs is 1. The highest BCUT2D eigenvalue weighted by molar-refractivity contribution is 9.10. The first-order chi connectivity index (χ1) is 8.29. The number of rotatable bonds is 2. The van der Waals surface area contributed by atoms with Gasteiger partial charge in [0.15, 0.2) is 5.50 Å². The molecule has 2 N–H and O–H groups in total. The van der Waals surface area contributed by atoms with Crippen LogP contribution in [0.25, 0.3) is 5.70 Å². The van der Waals surface area contributed by atoms with Crippen molar-refractivity contribution in [2.75, 3.05) is 6.61 Å². The Kier molecular flexibility index (Phi) is 2.90. The molecule has 1 aromatic carbocycles. The minimum atomic E-state index is 0.0415. The van der Waals surface area contributed by atoms with Crippen LogP contribution in [-0.2, 0) is 0 Å². The summed E-state index contributed by atoms with van der Waals surface area (Å²) in [4.78, 5) is 2.07. The molecular formula is C12H11BrN2OS. The topological polar surface area (TPSA) is 35.5 Å². The molecule has 1 atom stereocenters. The molecule has 88 valence electrons. The molecule has 5 heteroatoms. The van der Waals surface area contributed by atoms with Crippen molar-refractivity contribution < 1.29 is 5.11 Å². The molecule has 2 aliphatic heterocycles. The van der Waals surface area contributed by atoms with E-state index in [1.165, 1.54) is 0 Å². The van der Waals surface area contributed by atoms with Crippen LogP contribution in [0.4, 0.5) is 0 Å². The first-order valence-corrected chi connectivity index (χ1v) is 7.00. The lowest BCUT2D eigenvalue weighted by Gasteiger charge is -2.16. The zero-order valence-corrected chi connectivity index (χ0v) is 11.3. The Labute approximate surface area is 112 Å². The van der Waals surface area contributed by atoms with Gasteiger partial charge in [0, 0.05) is 10.7 Å². The van der Waals surface area contributed by atoms with Crippen LogP contribution in [0.1, 0.15) is 5.56 Å². The lowest BCUT2D eigenvalue weighted by atomic mass is 10.1. The lowest BCUT2D eigenvalue weighted by molar-refractivity contribution is 0.291. The molecular weight excluding hydrogens is 300 g/mol. The van der Waals surface area contributed by atoms with E-state index in [2.05, 4.69) is 26.1 Å². The summed E-state index contributed by atoms with van der Waals surface area (Å²) in [6, 6.07) is 8.09. The SMILES string of the molecule is OCC1=C(c2ccc(Br)cc2)NC2SC=CN12. The van der Waals surface area contributed by atoms with E-state index < -0.39 is 0 Å². The van der Waals surface area contributed by atoms with Crippen LogP contribution in [0.5, 0.6) is 0 Å². The van der Waals surface area contributed by atoms with Crippen LogP contribution in [-0.4, -0.2) is 22.1 Å². The Morgan fingerprint density at radius 2 is 2.12 bits per heavy atom. The highest BCUT2D eigenvalue weighted by Crippen LogP contribution is 2.36. The standard InChI is InChI=1S/C12H11BrN2OS/c13-9-3-1-8(2-4-9)11-10(7-16)15-5-6-17-12(15)14-11/h1-6,12,14,16H,7H2. The molecule has 0 aromatic heterocycles. The minimum Gasteiger partial charge on any atom is -0.390 e. The van der Waals surface area contributed by atoms with Gasteiger partial charge in [-0.15, -0.1) is 0 Å². The van der Waals surface area contributed by atoms with Gasteiger partial charge in [0.1, 0.15) is 0 Å². The molecule has 0 amide bonds. The van der Waals surface area contributed by atoms with Gasteiger partial charge in [-0.3, -0.25) is 0 Å². The number of hydrogen-bond acceptors (Lipinski definition) is 4. The van der Waals surface area contributed by atoms with Gasteiger partial charge >= 0.3 is 0 Å². The van der Waals surface area contributed by atoms with Crippen LogP contribution in [0.2, 0.25) is 0 Å². The van der Waals surface area contributed by atoms with Gasteiger partial charge in [0.25, 0.3) is 0 Å². The number of benzene rings is 1. The summed E-state index contributed by atoms with van der Waals surface area (Å²) in [7, 11) is 0. The maximum absolute atomic E-state index is 9.51. The minimum absolute atomic E-state index is 0.0415. The van der Waals surface area contributed by atoms with E-state index in [1.807, 2.05) is 35.9 Å². The van der Waals surface area contributed by atoms with E-state index in [9.17, 15) is 5.11 Å². The fourth-order valence-electron chi connectivity index (χ4n) is 2.02. The summed E-state index contributed by atoms with van der Waals surface area (Å²) in [6.07, 6.45) is 2.00. The van der Waals surface area contributed by atoms with E-state index in [0.29, 0.717) is 0 Å². The smallest absolute Gasteiger partial charge is 0.156 e. The molecule has 1 aromatic rings. The van der Waals surface area contributed by atoms with E-state index in [0.717, 1.165) is 21.4 Å². The molecule has 0 bridgehead atoms. The number of nitrogens with one attached hydrogen (secondary N) is 1.